The number of hydrogen-bond donors (Lipinski definition) is 0. The molecule has 1 amide bonds. The number of sulfonamides is 1. The molecule has 1 aromatic heterocycles. The highest BCUT2D eigenvalue weighted by Crippen LogP contribution is 2.35. The molecule has 0 aliphatic carbocycles. The Kier molecular flexibility index (Phi) is 7.63. The summed E-state index contributed by atoms with van der Waals surface area (Å²) in [6.07, 6.45) is 3.60. The summed E-state index contributed by atoms with van der Waals surface area (Å²) in [5.74, 6) is 0.932. The molecular weight excluding hydrogens is 486 g/mol. The van der Waals surface area contributed by atoms with E-state index in [1.165, 1.54) is 35.6 Å². The minimum atomic E-state index is -3.60. The summed E-state index contributed by atoms with van der Waals surface area (Å²) in [4.78, 5) is 18.2. The van der Waals surface area contributed by atoms with Gasteiger partial charge in [-0.1, -0.05) is 24.7 Å². The van der Waals surface area contributed by atoms with Crippen LogP contribution >= 0.6 is 11.3 Å². The molecule has 3 aromatic rings. The van der Waals surface area contributed by atoms with Crippen LogP contribution < -0.4 is 14.3 Å². The molecule has 0 N–H and O–H groups in total. The van der Waals surface area contributed by atoms with Crippen molar-refractivity contribution in [3.63, 3.8) is 0 Å². The molecule has 0 saturated carbocycles. The average molecular weight is 518 g/mol. The fourth-order valence-electron chi connectivity index (χ4n) is 4.46. The maximum atomic E-state index is 13.1. The first-order valence-electron chi connectivity index (χ1n) is 11.8. The van der Waals surface area contributed by atoms with Crippen LogP contribution in [-0.4, -0.2) is 50.0 Å². The van der Waals surface area contributed by atoms with Crippen molar-refractivity contribution in [3.05, 3.63) is 46.8 Å². The first-order chi connectivity index (χ1) is 16.8. The lowest BCUT2D eigenvalue weighted by Crippen LogP contribution is -2.41. The minimum absolute atomic E-state index is 0.0268. The summed E-state index contributed by atoms with van der Waals surface area (Å²) in [5.41, 5.74) is 1.16. The Labute approximate surface area is 209 Å². The third-order valence-electron chi connectivity index (χ3n) is 6.29. The number of nitrogens with zero attached hydrogens (tertiary/aromatic N) is 3. The van der Waals surface area contributed by atoms with Gasteiger partial charge in [0.05, 0.1) is 19.1 Å². The van der Waals surface area contributed by atoms with E-state index < -0.39 is 15.9 Å². The topological polar surface area (TPSA) is 90.2 Å². The number of aryl methyl sites for hydroxylation is 1. The Morgan fingerprint density at radius 2 is 1.77 bits per heavy atom. The predicted molar refractivity (Wildman–Crippen MR) is 137 cm³/mol. The van der Waals surface area contributed by atoms with Gasteiger partial charge in [-0.3, -0.25) is 4.79 Å². The number of aromatic nitrogens is 1. The standard InChI is InChI=1S/C25H31N3O5S2/c1-5-15-27-22-20(32-3)13-14-21(33-4)23(22)34-25(27)26-24(29)18-9-11-19(12-10-18)35(30,31)28-16-7-6-8-17(28)2/h9-14,17H,5-8,15-16H2,1-4H3. The van der Waals surface area contributed by atoms with Crippen LogP contribution in [0.15, 0.2) is 46.3 Å². The van der Waals surface area contributed by atoms with Gasteiger partial charge in [0.25, 0.3) is 5.91 Å². The molecule has 0 radical (unpaired) electrons. The molecule has 1 atom stereocenters. The number of fused-ring (bicyclic) bond motifs is 1. The minimum Gasteiger partial charge on any atom is -0.495 e. The Balaban J connectivity index is 1.71. The third kappa shape index (κ3) is 4.87. The highest BCUT2D eigenvalue weighted by Gasteiger charge is 2.31. The second-order valence-electron chi connectivity index (χ2n) is 8.59. The van der Waals surface area contributed by atoms with Gasteiger partial charge in [-0.25, -0.2) is 8.42 Å². The van der Waals surface area contributed by atoms with Gasteiger partial charge in [-0.05, 0) is 62.6 Å². The Bertz CT molecular complexity index is 1390. The number of methoxy groups -OCH3 is 2. The van der Waals surface area contributed by atoms with Gasteiger partial charge in [-0.15, -0.1) is 0 Å². The lowest BCUT2D eigenvalue weighted by molar-refractivity contribution is 0.0997. The summed E-state index contributed by atoms with van der Waals surface area (Å²) < 4.78 is 41.7. The normalized spacial score (nSPS) is 17.6. The highest BCUT2D eigenvalue weighted by atomic mass is 32.2. The van der Waals surface area contributed by atoms with E-state index >= 15 is 0 Å². The molecule has 8 nitrogen and oxygen atoms in total. The Morgan fingerprint density at radius 1 is 1.09 bits per heavy atom. The second-order valence-corrected chi connectivity index (χ2v) is 11.5. The largest absolute Gasteiger partial charge is 0.495 e. The number of carbonyl (C=O) groups is 1. The van der Waals surface area contributed by atoms with E-state index in [0.29, 0.717) is 35.0 Å². The molecule has 1 unspecified atom stereocenters. The number of thiazole rings is 1. The number of rotatable bonds is 7. The molecule has 4 rings (SSSR count). The zero-order chi connectivity index (χ0) is 25.2. The maximum Gasteiger partial charge on any atom is 0.279 e. The predicted octanol–water partition coefficient (Wildman–Crippen LogP) is 4.43. The van der Waals surface area contributed by atoms with E-state index in [1.54, 1.807) is 18.5 Å². The fraction of sp³-hybridized carbons (Fsp3) is 0.440. The maximum absolute atomic E-state index is 13.1. The molecule has 1 aliphatic rings. The smallest absolute Gasteiger partial charge is 0.279 e. The molecule has 10 heteroatoms. The zero-order valence-corrected chi connectivity index (χ0v) is 22.1. The van der Waals surface area contributed by atoms with Crippen molar-refractivity contribution >= 4 is 37.5 Å². The van der Waals surface area contributed by atoms with Crippen LogP contribution in [0.5, 0.6) is 11.5 Å². The van der Waals surface area contributed by atoms with Crippen molar-refractivity contribution in [1.29, 1.82) is 0 Å². The third-order valence-corrected chi connectivity index (χ3v) is 9.41. The van der Waals surface area contributed by atoms with Gasteiger partial charge >= 0.3 is 0 Å². The SMILES string of the molecule is CCCn1c(=NC(=O)c2ccc(S(=O)(=O)N3CCCCC3C)cc2)sc2c(OC)ccc(OC)c21. The van der Waals surface area contributed by atoms with Crippen molar-refractivity contribution in [2.45, 2.75) is 57.0 Å². The van der Waals surface area contributed by atoms with Crippen molar-refractivity contribution in [3.8, 4) is 11.5 Å². The molecule has 2 heterocycles. The number of hydrogen-bond acceptors (Lipinski definition) is 6. The van der Waals surface area contributed by atoms with Crippen LogP contribution in [0.4, 0.5) is 0 Å². The van der Waals surface area contributed by atoms with E-state index in [-0.39, 0.29) is 10.9 Å². The van der Waals surface area contributed by atoms with Crippen LogP contribution in [0, 0.1) is 0 Å². The molecular formula is C25H31N3O5S2. The molecule has 1 aliphatic heterocycles. The van der Waals surface area contributed by atoms with Gasteiger partial charge in [0.15, 0.2) is 4.80 Å². The first-order valence-corrected chi connectivity index (χ1v) is 14.0. The van der Waals surface area contributed by atoms with Crippen LogP contribution in [0.3, 0.4) is 0 Å². The molecule has 0 bridgehead atoms. The Hall–Kier alpha value is -2.69. The zero-order valence-electron chi connectivity index (χ0n) is 20.5. The van der Waals surface area contributed by atoms with Gasteiger partial charge < -0.3 is 14.0 Å². The second kappa shape index (κ2) is 10.5. The monoisotopic (exact) mass is 517 g/mol. The highest BCUT2D eigenvalue weighted by molar-refractivity contribution is 7.89. The van der Waals surface area contributed by atoms with Gasteiger partial charge in [0.1, 0.15) is 21.7 Å². The number of piperidine rings is 1. The van der Waals surface area contributed by atoms with Gasteiger partial charge in [0.2, 0.25) is 10.0 Å². The van der Waals surface area contributed by atoms with Gasteiger partial charge in [-0.2, -0.15) is 9.30 Å². The summed E-state index contributed by atoms with van der Waals surface area (Å²) in [5, 5.41) is 0. The molecule has 0 spiro atoms. The number of benzene rings is 2. The molecule has 188 valence electrons. The lowest BCUT2D eigenvalue weighted by atomic mass is 10.1. The quantitative estimate of drug-likeness (QED) is 0.462. The Morgan fingerprint density at radius 3 is 2.40 bits per heavy atom. The number of ether oxygens (including phenoxy) is 2. The lowest BCUT2D eigenvalue weighted by Gasteiger charge is -2.32. The molecule has 35 heavy (non-hydrogen) atoms. The van der Waals surface area contributed by atoms with Crippen LogP contribution in [0.25, 0.3) is 10.2 Å². The average Bonchev–Trinajstić information content (AvgIpc) is 3.21. The van der Waals surface area contributed by atoms with Crippen molar-refractivity contribution < 1.29 is 22.7 Å². The summed E-state index contributed by atoms with van der Waals surface area (Å²) in [6.45, 7) is 5.17. The molecule has 2 aromatic carbocycles. The first kappa shape index (κ1) is 25.4. The van der Waals surface area contributed by atoms with Crippen molar-refractivity contribution in [2.24, 2.45) is 4.99 Å². The van der Waals surface area contributed by atoms with Crippen LogP contribution in [-0.2, 0) is 16.6 Å². The molecule has 1 fully saturated rings. The summed E-state index contributed by atoms with van der Waals surface area (Å²) >= 11 is 1.36. The van der Waals surface area contributed by atoms with E-state index in [1.807, 2.05) is 23.6 Å². The van der Waals surface area contributed by atoms with E-state index in [9.17, 15) is 13.2 Å². The van der Waals surface area contributed by atoms with Crippen LogP contribution in [0.2, 0.25) is 0 Å². The van der Waals surface area contributed by atoms with Crippen molar-refractivity contribution in [1.82, 2.24) is 8.87 Å². The molecule has 1 saturated heterocycles. The summed E-state index contributed by atoms with van der Waals surface area (Å²) in [6, 6.07) is 9.71. The summed E-state index contributed by atoms with van der Waals surface area (Å²) in [7, 11) is -0.385. The van der Waals surface area contributed by atoms with Crippen LogP contribution in [0.1, 0.15) is 49.9 Å². The number of carbonyl (C=O) groups excluding carboxylic acids is 1. The van der Waals surface area contributed by atoms with E-state index in [0.717, 1.165) is 35.9 Å². The van der Waals surface area contributed by atoms with Crippen molar-refractivity contribution in [2.75, 3.05) is 20.8 Å². The van der Waals surface area contributed by atoms with Gasteiger partial charge in [0, 0.05) is 24.7 Å². The number of amides is 1. The van der Waals surface area contributed by atoms with E-state index in [4.69, 9.17) is 9.47 Å². The fourth-order valence-corrected chi connectivity index (χ4v) is 7.32. The van der Waals surface area contributed by atoms with E-state index in [2.05, 4.69) is 11.9 Å².